The molecule has 19 heavy (non-hydrogen) atoms. The van der Waals surface area contributed by atoms with Crippen molar-refractivity contribution in [2.45, 2.75) is 33.3 Å². The number of benzene rings is 1. The summed E-state index contributed by atoms with van der Waals surface area (Å²) in [4.78, 5) is 19.2. The lowest BCUT2D eigenvalue weighted by Gasteiger charge is -2.03. The molecule has 0 radical (unpaired) electrons. The molecule has 0 saturated carbocycles. The Hall–Kier alpha value is -1.16. The summed E-state index contributed by atoms with van der Waals surface area (Å²) in [6.45, 7) is 4.00. The van der Waals surface area contributed by atoms with Crippen molar-refractivity contribution in [2.75, 3.05) is 6.61 Å². The van der Waals surface area contributed by atoms with Crippen LogP contribution in [0, 0.1) is 0 Å². The van der Waals surface area contributed by atoms with Gasteiger partial charge in [0, 0.05) is 0 Å². The van der Waals surface area contributed by atoms with Crippen LogP contribution in [0.4, 0.5) is 0 Å². The van der Waals surface area contributed by atoms with Crippen molar-refractivity contribution in [2.24, 2.45) is 0 Å². The molecule has 1 unspecified atom stereocenters. The second-order valence-corrected chi connectivity index (χ2v) is 4.52. The van der Waals surface area contributed by atoms with Crippen LogP contribution in [0.5, 0.6) is 0 Å². The molecule has 0 spiro atoms. The predicted molar refractivity (Wildman–Crippen MR) is 74.0 cm³/mol. The van der Waals surface area contributed by atoms with E-state index < -0.39 is 20.8 Å². The summed E-state index contributed by atoms with van der Waals surface area (Å²) in [5.41, 5.74) is 0.850. The highest BCUT2D eigenvalue weighted by molar-refractivity contribution is 7.32. The van der Waals surface area contributed by atoms with E-state index in [1.807, 2.05) is 30.3 Å². The highest BCUT2D eigenvalue weighted by Gasteiger charge is 2.04. The second-order valence-electron chi connectivity index (χ2n) is 3.70. The molecule has 1 rings (SSSR count). The van der Waals surface area contributed by atoms with Gasteiger partial charge in [-0.15, -0.1) is 0 Å². The zero-order chi connectivity index (χ0) is 14.5. The summed E-state index contributed by atoms with van der Waals surface area (Å²) in [5.74, 6) is -0.661. The van der Waals surface area contributed by atoms with Gasteiger partial charge >= 0.3 is 14.2 Å². The summed E-state index contributed by atoms with van der Waals surface area (Å²) < 4.78 is 19.1. The molecule has 0 aliphatic carbocycles. The van der Waals surface area contributed by atoms with Gasteiger partial charge in [0.1, 0.15) is 6.61 Å². The molecule has 0 aliphatic heterocycles. The van der Waals surface area contributed by atoms with Crippen molar-refractivity contribution in [1.82, 2.24) is 0 Å². The summed E-state index contributed by atoms with van der Waals surface area (Å²) in [6.07, 6.45) is 2.64. The first-order chi connectivity index (χ1) is 9.10. The normalized spacial score (nSPS) is 11.1. The average Bonchev–Trinajstić information content (AvgIpc) is 2.44. The third-order valence-electron chi connectivity index (χ3n) is 2.06. The van der Waals surface area contributed by atoms with Gasteiger partial charge in [0.05, 0.1) is 0 Å². The van der Waals surface area contributed by atoms with Gasteiger partial charge in [0.2, 0.25) is 0 Å². The quantitative estimate of drug-likeness (QED) is 0.643. The summed E-state index contributed by atoms with van der Waals surface area (Å²) in [7, 11) is -3.06. The van der Waals surface area contributed by atoms with Crippen LogP contribution in [0.1, 0.15) is 32.3 Å². The van der Waals surface area contributed by atoms with Crippen LogP contribution >= 0.6 is 8.25 Å². The molecule has 1 N–H and O–H groups in total. The smallest absolute Gasteiger partial charge is 0.332 e. The fraction of sp³-hybridized carbons (Fsp3) is 0.462. The molecule has 108 valence electrons. The van der Waals surface area contributed by atoms with Gasteiger partial charge in [-0.25, -0.2) is 4.79 Å². The van der Waals surface area contributed by atoms with Crippen LogP contribution in [0.15, 0.2) is 30.3 Å². The molecule has 1 aromatic carbocycles. The minimum absolute atomic E-state index is 0.134. The van der Waals surface area contributed by atoms with E-state index in [-0.39, 0.29) is 6.61 Å². The highest BCUT2D eigenvalue weighted by Crippen LogP contribution is 2.13. The number of hydrogen-bond acceptors (Lipinski definition) is 4. The Labute approximate surface area is 114 Å². The Balaban J connectivity index is 0.000000711. The molecule has 0 saturated heterocycles. The number of carbonyl (C=O) groups is 1. The predicted octanol–water partition coefficient (Wildman–Crippen LogP) is 2.93. The SMILES string of the molecule is CCCC.O=C(CO[PH](=O)O)OCc1ccccc1. The number of hydrogen-bond donors (Lipinski definition) is 1. The lowest BCUT2D eigenvalue weighted by Crippen LogP contribution is -2.10. The Morgan fingerprint density at radius 1 is 1.21 bits per heavy atom. The fourth-order valence-electron chi connectivity index (χ4n) is 0.900. The number of ether oxygens (including phenoxy) is 1. The molecule has 0 bridgehead atoms. The van der Waals surface area contributed by atoms with Crippen LogP contribution < -0.4 is 0 Å². The Bertz CT molecular complexity index is 365. The lowest BCUT2D eigenvalue weighted by molar-refractivity contribution is -0.147. The molecule has 0 aromatic heterocycles. The third-order valence-corrected chi connectivity index (χ3v) is 2.45. The van der Waals surface area contributed by atoms with Gasteiger partial charge in [0.15, 0.2) is 6.61 Å². The van der Waals surface area contributed by atoms with Crippen molar-refractivity contribution < 1.29 is 23.5 Å². The summed E-state index contributed by atoms with van der Waals surface area (Å²) >= 11 is 0. The van der Waals surface area contributed by atoms with Gasteiger partial charge < -0.3 is 9.63 Å². The first-order valence-corrected chi connectivity index (χ1v) is 7.41. The van der Waals surface area contributed by atoms with Gasteiger partial charge in [0.25, 0.3) is 0 Å². The second kappa shape index (κ2) is 11.9. The lowest BCUT2D eigenvalue weighted by atomic mass is 10.2. The Morgan fingerprint density at radius 2 is 1.79 bits per heavy atom. The van der Waals surface area contributed by atoms with E-state index in [0.29, 0.717) is 0 Å². The van der Waals surface area contributed by atoms with E-state index in [4.69, 9.17) is 9.63 Å². The standard InChI is InChI=1S/C9H11O5P.C4H10/c10-9(7-14-15(11)12)13-6-8-4-2-1-3-5-8;1-3-4-2/h1-5,15H,6-7H2,(H,11,12);3-4H2,1-2H3. The molecular formula is C13H21O5P. The molecule has 5 nitrogen and oxygen atoms in total. The van der Waals surface area contributed by atoms with Crippen molar-refractivity contribution in [3.8, 4) is 0 Å². The Kier molecular flexibility index (Phi) is 11.2. The van der Waals surface area contributed by atoms with Crippen molar-refractivity contribution >= 4 is 14.2 Å². The van der Waals surface area contributed by atoms with Crippen LogP contribution in [-0.4, -0.2) is 17.5 Å². The number of unbranched alkanes of at least 4 members (excludes halogenated alkanes) is 1. The largest absolute Gasteiger partial charge is 0.459 e. The van der Waals surface area contributed by atoms with Gasteiger partial charge in [-0.05, 0) is 5.56 Å². The third kappa shape index (κ3) is 11.7. The van der Waals surface area contributed by atoms with Crippen molar-refractivity contribution in [1.29, 1.82) is 0 Å². The molecule has 1 atom stereocenters. The highest BCUT2D eigenvalue weighted by atomic mass is 31.1. The molecule has 1 aromatic rings. The van der Waals surface area contributed by atoms with Gasteiger partial charge in [-0.1, -0.05) is 57.0 Å². The van der Waals surface area contributed by atoms with E-state index in [0.717, 1.165) is 5.56 Å². The summed E-state index contributed by atoms with van der Waals surface area (Å²) in [5, 5.41) is 0. The maximum Gasteiger partial charge on any atom is 0.332 e. The number of esters is 1. The van der Waals surface area contributed by atoms with E-state index in [1.54, 1.807) is 0 Å². The maximum absolute atomic E-state index is 10.9. The number of carbonyl (C=O) groups excluding carboxylic acids is 1. The monoisotopic (exact) mass is 288 g/mol. The molecular weight excluding hydrogens is 267 g/mol. The van der Waals surface area contributed by atoms with Crippen molar-refractivity contribution in [3.05, 3.63) is 35.9 Å². The van der Waals surface area contributed by atoms with Gasteiger partial charge in [-0.3, -0.25) is 9.09 Å². The fourth-order valence-corrected chi connectivity index (χ4v) is 1.14. The van der Waals surface area contributed by atoms with E-state index in [9.17, 15) is 9.36 Å². The minimum Gasteiger partial charge on any atom is -0.459 e. The van der Waals surface area contributed by atoms with E-state index in [2.05, 4.69) is 18.4 Å². The van der Waals surface area contributed by atoms with Crippen molar-refractivity contribution in [3.63, 3.8) is 0 Å². The van der Waals surface area contributed by atoms with Crippen LogP contribution in [0.25, 0.3) is 0 Å². The average molecular weight is 288 g/mol. The van der Waals surface area contributed by atoms with Crippen LogP contribution in [0.2, 0.25) is 0 Å². The summed E-state index contributed by atoms with van der Waals surface area (Å²) in [6, 6.07) is 9.12. The minimum atomic E-state index is -3.06. The molecule has 0 heterocycles. The first kappa shape index (κ1) is 17.8. The van der Waals surface area contributed by atoms with E-state index >= 15 is 0 Å². The molecule has 0 aliphatic rings. The number of rotatable bonds is 6. The maximum atomic E-state index is 10.9. The van der Waals surface area contributed by atoms with Crippen LogP contribution in [0.3, 0.4) is 0 Å². The zero-order valence-electron chi connectivity index (χ0n) is 11.3. The first-order valence-electron chi connectivity index (χ1n) is 6.15. The van der Waals surface area contributed by atoms with Crippen LogP contribution in [-0.2, 0) is 25.2 Å². The molecule has 0 amide bonds. The van der Waals surface area contributed by atoms with Gasteiger partial charge in [-0.2, -0.15) is 0 Å². The molecule has 0 fully saturated rings. The topological polar surface area (TPSA) is 72.8 Å². The Morgan fingerprint density at radius 3 is 2.26 bits per heavy atom. The zero-order valence-corrected chi connectivity index (χ0v) is 12.3. The molecule has 6 heteroatoms. The van der Waals surface area contributed by atoms with E-state index in [1.165, 1.54) is 12.8 Å².